The van der Waals surface area contributed by atoms with Gasteiger partial charge in [-0.25, -0.2) is 0 Å². The van der Waals surface area contributed by atoms with Crippen molar-refractivity contribution in [2.45, 2.75) is 25.5 Å². The van der Waals surface area contributed by atoms with Gasteiger partial charge in [0.2, 0.25) is 11.8 Å². The van der Waals surface area contributed by atoms with E-state index in [9.17, 15) is 9.59 Å². The molecular formula is C21H23N3O3S. The lowest BCUT2D eigenvalue weighted by atomic mass is 10.2. The number of hydrogen-bond donors (Lipinski definition) is 1. The molecule has 0 spiro atoms. The van der Waals surface area contributed by atoms with Crippen LogP contribution in [0.2, 0.25) is 0 Å². The number of benzene rings is 2. The fourth-order valence-electron chi connectivity index (χ4n) is 2.80. The van der Waals surface area contributed by atoms with Gasteiger partial charge in [-0.2, -0.15) is 0 Å². The number of amides is 2. The van der Waals surface area contributed by atoms with E-state index in [1.54, 1.807) is 29.2 Å². The molecule has 2 amide bonds. The van der Waals surface area contributed by atoms with E-state index in [2.05, 4.69) is 10.3 Å². The number of aliphatic imine (C=N–C) groups is 1. The van der Waals surface area contributed by atoms with E-state index in [4.69, 9.17) is 4.74 Å². The fraction of sp³-hybridized carbons (Fsp3) is 0.286. The number of amidine groups is 1. The van der Waals surface area contributed by atoms with Crippen LogP contribution in [-0.4, -0.2) is 40.2 Å². The zero-order chi connectivity index (χ0) is 19.9. The molecule has 6 nitrogen and oxygen atoms in total. The number of rotatable bonds is 7. The molecule has 0 radical (unpaired) electrons. The number of carbonyl (C=O) groups is 2. The van der Waals surface area contributed by atoms with Crippen LogP contribution in [0.3, 0.4) is 0 Å². The van der Waals surface area contributed by atoms with E-state index in [-0.39, 0.29) is 18.2 Å². The number of nitrogens with zero attached hydrogens (tertiary/aromatic N) is 2. The standard InChI is InChI=1S/C21H23N3O3S/c1-3-22-21-24(4-2)20(26)18(28-21)14-19(25)23-15-10-12-17(13-11-15)27-16-8-6-5-7-9-16/h5-13,18H,3-4,14H2,1-2H3,(H,23,25)/t18-/m0/s1. The van der Waals surface area contributed by atoms with Gasteiger partial charge in [0.15, 0.2) is 5.17 Å². The highest BCUT2D eigenvalue weighted by atomic mass is 32.2. The maximum Gasteiger partial charge on any atom is 0.242 e. The molecule has 28 heavy (non-hydrogen) atoms. The largest absolute Gasteiger partial charge is 0.457 e. The number of para-hydroxylation sites is 1. The highest BCUT2D eigenvalue weighted by Crippen LogP contribution is 2.30. The molecule has 2 aromatic rings. The summed E-state index contributed by atoms with van der Waals surface area (Å²) in [6, 6.07) is 16.6. The van der Waals surface area contributed by atoms with Crippen LogP contribution in [0.25, 0.3) is 0 Å². The van der Waals surface area contributed by atoms with E-state index in [1.165, 1.54) is 11.8 Å². The molecule has 1 heterocycles. The maximum atomic E-state index is 12.5. The van der Waals surface area contributed by atoms with Gasteiger partial charge >= 0.3 is 0 Å². The Kier molecular flexibility index (Phi) is 6.71. The van der Waals surface area contributed by atoms with Crippen LogP contribution in [-0.2, 0) is 9.59 Å². The summed E-state index contributed by atoms with van der Waals surface area (Å²) in [4.78, 5) is 30.8. The van der Waals surface area contributed by atoms with Crippen LogP contribution in [0.4, 0.5) is 5.69 Å². The van der Waals surface area contributed by atoms with Crippen molar-refractivity contribution in [2.75, 3.05) is 18.4 Å². The van der Waals surface area contributed by atoms with E-state index in [0.717, 1.165) is 5.75 Å². The fourth-order valence-corrected chi connectivity index (χ4v) is 4.07. The number of hydrogen-bond acceptors (Lipinski definition) is 5. The van der Waals surface area contributed by atoms with Gasteiger partial charge in [-0.15, -0.1) is 0 Å². The molecule has 0 unspecified atom stereocenters. The van der Waals surface area contributed by atoms with Crippen molar-refractivity contribution in [3.63, 3.8) is 0 Å². The number of thioether (sulfide) groups is 1. The van der Waals surface area contributed by atoms with Crippen LogP contribution >= 0.6 is 11.8 Å². The Labute approximate surface area is 169 Å². The third-order valence-corrected chi connectivity index (χ3v) is 5.33. The predicted octanol–water partition coefficient (Wildman–Crippen LogP) is 4.15. The normalized spacial score (nSPS) is 17.8. The average Bonchev–Trinajstić information content (AvgIpc) is 2.98. The summed E-state index contributed by atoms with van der Waals surface area (Å²) in [5.41, 5.74) is 0.663. The maximum absolute atomic E-state index is 12.5. The molecular weight excluding hydrogens is 374 g/mol. The Morgan fingerprint density at radius 2 is 1.79 bits per heavy atom. The Balaban J connectivity index is 1.56. The van der Waals surface area contributed by atoms with Crippen molar-refractivity contribution < 1.29 is 14.3 Å². The van der Waals surface area contributed by atoms with Gasteiger partial charge in [0, 0.05) is 25.2 Å². The summed E-state index contributed by atoms with van der Waals surface area (Å²) in [6.45, 7) is 5.01. The van der Waals surface area contributed by atoms with Gasteiger partial charge < -0.3 is 10.1 Å². The molecule has 2 aromatic carbocycles. The zero-order valence-electron chi connectivity index (χ0n) is 15.9. The quantitative estimate of drug-likeness (QED) is 0.762. The summed E-state index contributed by atoms with van der Waals surface area (Å²) < 4.78 is 5.74. The van der Waals surface area contributed by atoms with Crippen molar-refractivity contribution in [3.8, 4) is 11.5 Å². The number of nitrogens with one attached hydrogen (secondary N) is 1. The summed E-state index contributed by atoms with van der Waals surface area (Å²) in [6.07, 6.45) is 0.116. The summed E-state index contributed by atoms with van der Waals surface area (Å²) in [7, 11) is 0. The van der Waals surface area contributed by atoms with Crippen molar-refractivity contribution >= 4 is 34.4 Å². The van der Waals surface area contributed by atoms with Gasteiger partial charge in [-0.05, 0) is 50.2 Å². The number of carbonyl (C=O) groups excluding carboxylic acids is 2. The molecule has 0 bridgehead atoms. The van der Waals surface area contributed by atoms with Crippen molar-refractivity contribution in [3.05, 3.63) is 54.6 Å². The van der Waals surface area contributed by atoms with E-state index in [0.29, 0.717) is 29.7 Å². The number of anilines is 1. The Morgan fingerprint density at radius 3 is 2.43 bits per heavy atom. The third-order valence-electron chi connectivity index (χ3n) is 4.12. The summed E-state index contributed by atoms with van der Waals surface area (Å²) in [5.74, 6) is 1.18. The van der Waals surface area contributed by atoms with Gasteiger partial charge in [-0.1, -0.05) is 30.0 Å². The second-order valence-corrected chi connectivity index (χ2v) is 7.31. The van der Waals surface area contributed by atoms with Crippen molar-refractivity contribution in [1.82, 2.24) is 4.90 Å². The lowest BCUT2D eigenvalue weighted by Gasteiger charge is -2.13. The summed E-state index contributed by atoms with van der Waals surface area (Å²) >= 11 is 1.36. The highest BCUT2D eigenvalue weighted by molar-refractivity contribution is 8.15. The Bertz CT molecular complexity index is 853. The van der Waals surface area contributed by atoms with Gasteiger partial charge in [0.1, 0.15) is 16.7 Å². The van der Waals surface area contributed by atoms with E-state index < -0.39 is 5.25 Å². The zero-order valence-corrected chi connectivity index (χ0v) is 16.7. The van der Waals surface area contributed by atoms with Crippen molar-refractivity contribution in [2.24, 2.45) is 4.99 Å². The average molecular weight is 398 g/mol. The molecule has 1 atom stereocenters. The summed E-state index contributed by atoms with van der Waals surface area (Å²) in [5, 5.41) is 3.12. The van der Waals surface area contributed by atoms with Crippen LogP contribution in [0, 0.1) is 0 Å². The van der Waals surface area contributed by atoms with Gasteiger partial charge in [-0.3, -0.25) is 19.5 Å². The van der Waals surface area contributed by atoms with Gasteiger partial charge in [0.25, 0.3) is 0 Å². The molecule has 1 fully saturated rings. The van der Waals surface area contributed by atoms with Gasteiger partial charge in [0.05, 0.1) is 0 Å². The molecule has 0 aromatic heterocycles. The van der Waals surface area contributed by atoms with Crippen molar-refractivity contribution in [1.29, 1.82) is 0 Å². The first-order valence-corrected chi connectivity index (χ1v) is 10.1. The molecule has 146 valence electrons. The smallest absolute Gasteiger partial charge is 0.242 e. The first-order chi connectivity index (χ1) is 13.6. The first-order valence-electron chi connectivity index (χ1n) is 9.26. The Hall–Kier alpha value is -2.80. The molecule has 0 aliphatic carbocycles. The lowest BCUT2D eigenvalue weighted by molar-refractivity contribution is -0.128. The minimum Gasteiger partial charge on any atom is -0.457 e. The Morgan fingerprint density at radius 1 is 1.11 bits per heavy atom. The highest BCUT2D eigenvalue weighted by Gasteiger charge is 2.38. The lowest BCUT2D eigenvalue weighted by Crippen LogP contribution is -2.33. The molecule has 7 heteroatoms. The second-order valence-electron chi connectivity index (χ2n) is 6.14. The molecule has 1 aliphatic rings. The molecule has 3 rings (SSSR count). The predicted molar refractivity (Wildman–Crippen MR) is 113 cm³/mol. The van der Waals surface area contributed by atoms with Crippen LogP contribution in [0.1, 0.15) is 20.3 Å². The van der Waals surface area contributed by atoms with Crippen LogP contribution in [0.5, 0.6) is 11.5 Å². The minimum absolute atomic E-state index is 0.0542. The molecule has 1 saturated heterocycles. The molecule has 1 aliphatic heterocycles. The van der Waals surface area contributed by atoms with Crippen LogP contribution in [0.15, 0.2) is 59.6 Å². The van der Waals surface area contributed by atoms with E-state index >= 15 is 0 Å². The minimum atomic E-state index is -0.425. The topological polar surface area (TPSA) is 71.0 Å². The molecule has 0 saturated carbocycles. The first kappa shape index (κ1) is 19.9. The van der Waals surface area contributed by atoms with E-state index in [1.807, 2.05) is 44.2 Å². The molecule has 1 N–H and O–H groups in total. The van der Waals surface area contributed by atoms with Crippen LogP contribution < -0.4 is 10.1 Å². The third kappa shape index (κ3) is 4.92. The second kappa shape index (κ2) is 9.41. The number of ether oxygens (including phenoxy) is 1. The SMILES string of the molecule is CCN=C1S[C@@H](CC(=O)Nc2ccc(Oc3ccccc3)cc2)C(=O)N1CC. The monoisotopic (exact) mass is 397 g/mol.